The normalized spacial score (nSPS) is 20.0. The lowest BCUT2D eigenvalue weighted by molar-refractivity contribution is -0.115. The maximum atomic E-state index is 11.9. The molecule has 0 heterocycles. The predicted molar refractivity (Wildman–Crippen MR) is 88.4 cm³/mol. The minimum Gasteiger partial charge on any atom is -0.325 e. The van der Waals surface area contributed by atoms with Crippen LogP contribution >= 0.6 is 15.9 Å². The fourth-order valence-corrected chi connectivity index (χ4v) is 2.72. The van der Waals surface area contributed by atoms with Gasteiger partial charge in [-0.3, -0.25) is 4.79 Å². The molecule has 3 rings (SSSR count). The summed E-state index contributed by atoms with van der Waals surface area (Å²) in [5.41, 5.74) is 2.17. The Bertz CT molecular complexity index is 612. The molecule has 0 aliphatic heterocycles. The Kier molecular flexibility index (Phi) is 4.36. The second-order valence-corrected chi connectivity index (χ2v) is 6.21. The highest BCUT2D eigenvalue weighted by Crippen LogP contribution is 2.40. The first-order valence-corrected chi connectivity index (χ1v) is 7.85. The Morgan fingerprint density at radius 3 is 2.52 bits per heavy atom. The Balaban J connectivity index is 1.44. The van der Waals surface area contributed by atoms with Crippen LogP contribution in [0.15, 0.2) is 59.1 Å². The number of amides is 1. The molecule has 2 atom stereocenters. The van der Waals surface area contributed by atoms with Gasteiger partial charge in [0, 0.05) is 22.1 Å². The third kappa shape index (κ3) is 3.93. The zero-order valence-corrected chi connectivity index (χ0v) is 13.1. The highest BCUT2D eigenvalue weighted by molar-refractivity contribution is 9.10. The van der Waals surface area contributed by atoms with Crippen molar-refractivity contribution in [1.29, 1.82) is 0 Å². The number of carbonyl (C=O) groups excluding carboxylic acids is 1. The van der Waals surface area contributed by atoms with Gasteiger partial charge in [0.2, 0.25) is 5.91 Å². The third-order valence-corrected chi connectivity index (χ3v) is 4.20. The van der Waals surface area contributed by atoms with Crippen molar-refractivity contribution >= 4 is 27.5 Å². The molecule has 0 aromatic heterocycles. The Labute approximate surface area is 132 Å². The predicted octanol–water partition coefficient (Wildman–Crippen LogP) is 3.53. The summed E-state index contributed by atoms with van der Waals surface area (Å²) in [6.45, 7) is 0.351. The smallest absolute Gasteiger partial charge is 0.238 e. The summed E-state index contributed by atoms with van der Waals surface area (Å²) in [6, 6.07) is 18.4. The van der Waals surface area contributed by atoms with Crippen molar-refractivity contribution in [3.8, 4) is 0 Å². The van der Waals surface area contributed by atoms with Crippen LogP contribution in [-0.2, 0) is 4.79 Å². The van der Waals surface area contributed by atoms with Crippen LogP contribution in [0, 0.1) is 0 Å². The van der Waals surface area contributed by atoms with Crippen LogP contribution < -0.4 is 10.6 Å². The number of hydrogen-bond donors (Lipinski definition) is 2. The monoisotopic (exact) mass is 344 g/mol. The number of anilines is 1. The molecule has 1 aliphatic rings. The van der Waals surface area contributed by atoms with E-state index < -0.39 is 0 Å². The SMILES string of the molecule is O=C(CNC1CC1c1ccccc1)Nc1ccc(Br)cc1. The molecule has 108 valence electrons. The molecule has 2 aromatic carbocycles. The van der Waals surface area contributed by atoms with E-state index in [4.69, 9.17) is 0 Å². The van der Waals surface area contributed by atoms with E-state index in [-0.39, 0.29) is 5.91 Å². The number of rotatable bonds is 5. The summed E-state index contributed by atoms with van der Waals surface area (Å²) < 4.78 is 1.00. The number of hydrogen-bond acceptors (Lipinski definition) is 2. The van der Waals surface area contributed by atoms with Crippen LogP contribution in [0.1, 0.15) is 17.9 Å². The summed E-state index contributed by atoms with van der Waals surface area (Å²) in [5.74, 6) is 0.544. The molecular formula is C17H17BrN2O. The Morgan fingerprint density at radius 1 is 1.10 bits per heavy atom. The van der Waals surface area contributed by atoms with Gasteiger partial charge in [-0.25, -0.2) is 0 Å². The quantitative estimate of drug-likeness (QED) is 0.870. The maximum Gasteiger partial charge on any atom is 0.238 e. The van der Waals surface area contributed by atoms with Gasteiger partial charge in [0.1, 0.15) is 0 Å². The molecule has 2 unspecified atom stereocenters. The minimum absolute atomic E-state index is 0.00367. The van der Waals surface area contributed by atoms with Crippen molar-refractivity contribution in [2.24, 2.45) is 0 Å². The minimum atomic E-state index is -0.00367. The number of nitrogens with one attached hydrogen (secondary N) is 2. The van der Waals surface area contributed by atoms with Crippen molar-refractivity contribution in [2.45, 2.75) is 18.4 Å². The highest BCUT2D eigenvalue weighted by Gasteiger charge is 2.37. The molecule has 0 saturated heterocycles. The van der Waals surface area contributed by atoms with Gasteiger partial charge in [0.05, 0.1) is 6.54 Å². The van der Waals surface area contributed by atoms with Gasteiger partial charge < -0.3 is 10.6 Å². The second kappa shape index (κ2) is 6.41. The molecule has 0 radical (unpaired) electrons. The molecule has 0 spiro atoms. The maximum absolute atomic E-state index is 11.9. The third-order valence-electron chi connectivity index (χ3n) is 3.67. The summed E-state index contributed by atoms with van der Waals surface area (Å²) in [5, 5.41) is 6.20. The molecule has 2 N–H and O–H groups in total. The van der Waals surface area contributed by atoms with Crippen LogP contribution in [-0.4, -0.2) is 18.5 Å². The standard InChI is InChI=1S/C17H17BrN2O/c18-13-6-8-14(9-7-13)20-17(21)11-19-16-10-15(16)12-4-2-1-3-5-12/h1-9,15-16,19H,10-11H2,(H,20,21). The molecule has 1 amide bonds. The lowest BCUT2D eigenvalue weighted by Crippen LogP contribution is -2.30. The van der Waals surface area contributed by atoms with E-state index in [0.717, 1.165) is 16.6 Å². The molecule has 1 aliphatic carbocycles. The van der Waals surface area contributed by atoms with Gasteiger partial charge >= 0.3 is 0 Å². The van der Waals surface area contributed by atoms with Crippen LogP contribution in [0.3, 0.4) is 0 Å². The molecule has 2 aromatic rings. The largest absolute Gasteiger partial charge is 0.325 e. The Hall–Kier alpha value is -1.65. The van der Waals surface area contributed by atoms with Gasteiger partial charge in [0.15, 0.2) is 0 Å². The first-order chi connectivity index (χ1) is 10.2. The number of carbonyl (C=O) groups is 1. The first kappa shape index (κ1) is 14.3. The lowest BCUT2D eigenvalue weighted by atomic mass is 10.1. The molecule has 1 fully saturated rings. The van der Waals surface area contributed by atoms with Gasteiger partial charge in [-0.2, -0.15) is 0 Å². The molecule has 3 nitrogen and oxygen atoms in total. The van der Waals surface area contributed by atoms with Crippen molar-refractivity contribution in [2.75, 3.05) is 11.9 Å². The van der Waals surface area contributed by atoms with Crippen LogP contribution in [0.2, 0.25) is 0 Å². The second-order valence-electron chi connectivity index (χ2n) is 5.30. The molecule has 0 bridgehead atoms. The summed E-state index contributed by atoms with van der Waals surface area (Å²) in [4.78, 5) is 11.9. The zero-order chi connectivity index (χ0) is 14.7. The Morgan fingerprint density at radius 2 is 1.81 bits per heavy atom. The van der Waals surface area contributed by atoms with E-state index in [1.54, 1.807) is 0 Å². The highest BCUT2D eigenvalue weighted by atomic mass is 79.9. The molecule has 1 saturated carbocycles. The van der Waals surface area contributed by atoms with E-state index in [1.165, 1.54) is 5.56 Å². The van der Waals surface area contributed by atoms with Crippen molar-refractivity contribution in [3.63, 3.8) is 0 Å². The lowest BCUT2D eigenvalue weighted by Gasteiger charge is -2.07. The zero-order valence-electron chi connectivity index (χ0n) is 11.6. The van der Waals surface area contributed by atoms with Crippen molar-refractivity contribution in [3.05, 3.63) is 64.6 Å². The molecule has 4 heteroatoms. The van der Waals surface area contributed by atoms with Crippen molar-refractivity contribution in [1.82, 2.24) is 5.32 Å². The molecule has 21 heavy (non-hydrogen) atoms. The van der Waals surface area contributed by atoms with Gasteiger partial charge in [-0.15, -0.1) is 0 Å². The van der Waals surface area contributed by atoms with Crippen LogP contribution in [0.5, 0.6) is 0 Å². The van der Waals surface area contributed by atoms with E-state index in [1.807, 2.05) is 30.3 Å². The topological polar surface area (TPSA) is 41.1 Å². The average molecular weight is 345 g/mol. The van der Waals surface area contributed by atoms with E-state index >= 15 is 0 Å². The summed E-state index contributed by atoms with van der Waals surface area (Å²) in [6.07, 6.45) is 1.11. The average Bonchev–Trinajstić information content (AvgIpc) is 3.28. The summed E-state index contributed by atoms with van der Waals surface area (Å²) in [7, 11) is 0. The van der Waals surface area contributed by atoms with Crippen LogP contribution in [0.4, 0.5) is 5.69 Å². The number of benzene rings is 2. The van der Waals surface area contributed by atoms with Crippen LogP contribution in [0.25, 0.3) is 0 Å². The van der Waals surface area contributed by atoms with E-state index in [0.29, 0.717) is 18.5 Å². The van der Waals surface area contributed by atoms with Gasteiger partial charge in [-0.1, -0.05) is 46.3 Å². The first-order valence-electron chi connectivity index (χ1n) is 7.06. The number of halogens is 1. The van der Waals surface area contributed by atoms with Crippen molar-refractivity contribution < 1.29 is 4.79 Å². The fraction of sp³-hybridized carbons (Fsp3) is 0.235. The van der Waals surface area contributed by atoms with Gasteiger partial charge in [0.25, 0.3) is 0 Å². The van der Waals surface area contributed by atoms with E-state index in [9.17, 15) is 4.79 Å². The van der Waals surface area contributed by atoms with Gasteiger partial charge in [-0.05, 0) is 36.2 Å². The van der Waals surface area contributed by atoms with E-state index in [2.05, 4.69) is 50.8 Å². The summed E-state index contributed by atoms with van der Waals surface area (Å²) >= 11 is 3.37. The fourth-order valence-electron chi connectivity index (χ4n) is 2.45. The molecular weight excluding hydrogens is 328 g/mol.